The molecule has 2 atom stereocenters. The maximum atomic E-state index is 13.6. The Balaban J connectivity index is 2.28. The molecule has 0 aliphatic heterocycles. The van der Waals surface area contributed by atoms with Crippen molar-refractivity contribution in [1.82, 2.24) is 5.32 Å². The van der Waals surface area contributed by atoms with Crippen LogP contribution in [-0.2, 0) is 0 Å². The number of benzene rings is 1. The zero-order chi connectivity index (χ0) is 14.1. The van der Waals surface area contributed by atoms with Crippen LogP contribution in [0.15, 0.2) is 24.3 Å². The zero-order valence-electron chi connectivity index (χ0n) is 12.6. The van der Waals surface area contributed by atoms with Crippen molar-refractivity contribution in [2.45, 2.75) is 71.4 Å². The van der Waals surface area contributed by atoms with Crippen LogP contribution in [0.4, 0.5) is 4.39 Å². The van der Waals surface area contributed by atoms with E-state index in [1.165, 1.54) is 44.6 Å². The Hall–Kier alpha value is -0.890. The first-order valence-electron chi connectivity index (χ1n) is 7.65. The highest BCUT2D eigenvalue weighted by Gasteiger charge is 2.12. The van der Waals surface area contributed by atoms with Gasteiger partial charge in [-0.05, 0) is 26.3 Å². The summed E-state index contributed by atoms with van der Waals surface area (Å²) in [6.07, 6.45) is 7.71. The first kappa shape index (κ1) is 16.2. The minimum atomic E-state index is -0.113. The molecule has 1 N–H and O–H groups in total. The first-order valence-corrected chi connectivity index (χ1v) is 7.65. The molecule has 1 aromatic rings. The average Bonchev–Trinajstić information content (AvgIpc) is 2.39. The second-order valence-electron chi connectivity index (χ2n) is 5.51. The van der Waals surface area contributed by atoms with Crippen LogP contribution >= 0.6 is 0 Å². The van der Waals surface area contributed by atoms with Gasteiger partial charge in [0, 0.05) is 17.6 Å². The molecule has 0 aliphatic rings. The molecule has 1 nitrogen and oxygen atoms in total. The van der Waals surface area contributed by atoms with Crippen molar-refractivity contribution in [3.63, 3.8) is 0 Å². The van der Waals surface area contributed by atoms with Gasteiger partial charge in [-0.1, -0.05) is 57.2 Å². The van der Waals surface area contributed by atoms with Crippen molar-refractivity contribution in [1.29, 1.82) is 0 Å². The maximum Gasteiger partial charge on any atom is 0.127 e. The van der Waals surface area contributed by atoms with Crippen molar-refractivity contribution < 1.29 is 4.39 Å². The fourth-order valence-corrected chi connectivity index (χ4v) is 2.48. The lowest BCUT2D eigenvalue weighted by Gasteiger charge is -2.20. The van der Waals surface area contributed by atoms with Crippen molar-refractivity contribution in [2.24, 2.45) is 0 Å². The van der Waals surface area contributed by atoms with Gasteiger partial charge >= 0.3 is 0 Å². The van der Waals surface area contributed by atoms with Gasteiger partial charge in [-0.25, -0.2) is 4.39 Å². The summed E-state index contributed by atoms with van der Waals surface area (Å²) in [6.45, 7) is 6.46. The summed E-state index contributed by atoms with van der Waals surface area (Å²) < 4.78 is 13.6. The van der Waals surface area contributed by atoms with Crippen LogP contribution < -0.4 is 5.32 Å². The minimum absolute atomic E-state index is 0.0758. The van der Waals surface area contributed by atoms with Gasteiger partial charge in [0.2, 0.25) is 0 Å². The van der Waals surface area contributed by atoms with Crippen LogP contribution in [0.25, 0.3) is 0 Å². The number of hydrogen-bond donors (Lipinski definition) is 1. The van der Waals surface area contributed by atoms with E-state index in [9.17, 15) is 4.39 Å². The fourth-order valence-electron chi connectivity index (χ4n) is 2.48. The smallest absolute Gasteiger partial charge is 0.127 e. The average molecular weight is 265 g/mol. The van der Waals surface area contributed by atoms with Crippen LogP contribution in [0.1, 0.15) is 70.9 Å². The molecule has 0 radical (unpaired) electrons. The molecule has 0 spiro atoms. The summed E-state index contributed by atoms with van der Waals surface area (Å²) in [5, 5.41) is 3.49. The standard InChI is InChI=1S/C17H28FN/c1-4-5-6-7-8-11-14(2)19-15(3)16-12-9-10-13-17(16)18/h9-10,12-15,19H,4-8,11H2,1-3H3/t14?,15-/m1/s1. The van der Waals surface area contributed by atoms with Gasteiger partial charge in [0.15, 0.2) is 0 Å². The first-order chi connectivity index (χ1) is 9.15. The molecular formula is C17H28FN. The predicted octanol–water partition coefficient (Wildman–Crippen LogP) is 5.23. The van der Waals surface area contributed by atoms with Crippen LogP contribution in [0.3, 0.4) is 0 Å². The monoisotopic (exact) mass is 265 g/mol. The van der Waals surface area contributed by atoms with E-state index in [0.29, 0.717) is 6.04 Å². The number of rotatable bonds is 9. The molecule has 108 valence electrons. The summed E-state index contributed by atoms with van der Waals surface area (Å²) in [5.41, 5.74) is 0.764. The molecule has 0 saturated heterocycles. The van der Waals surface area contributed by atoms with E-state index in [4.69, 9.17) is 0 Å². The predicted molar refractivity (Wildman–Crippen MR) is 80.8 cm³/mol. The Morgan fingerprint density at radius 3 is 2.42 bits per heavy atom. The van der Waals surface area contributed by atoms with E-state index in [2.05, 4.69) is 19.2 Å². The van der Waals surface area contributed by atoms with Gasteiger partial charge in [0.05, 0.1) is 0 Å². The van der Waals surface area contributed by atoms with Gasteiger partial charge in [-0.15, -0.1) is 0 Å². The number of unbranched alkanes of at least 4 members (excludes halogenated alkanes) is 4. The van der Waals surface area contributed by atoms with Crippen molar-refractivity contribution in [3.05, 3.63) is 35.6 Å². The third-order valence-corrected chi connectivity index (χ3v) is 3.65. The quantitative estimate of drug-likeness (QED) is 0.603. The molecule has 0 bridgehead atoms. The van der Waals surface area contributed by atoms with E-state index in [0.717, 1.165) is 5.56 Å². The third kappa shape index (κ3) is 6.20. The Morgan fingerprint density at radius 2 is 1.74 bits per heavy atom. The summed E-state index contributed by atoms with van der Waals surface area (Å²) in [7, 11) is 0. The molecule has 0 aromatic heterocycles. The Bertz CT molecular complexity index is 351. The lowest BCUT2D eigenvalue weighted by molar-refractivity contribution is 0.427. The lowest BCUT2D eigenvalue weighted by atomic mass is 10.0. The SMILES string of the molecule is CCCCCCCC(C)N[C@H](C)c1ccccc1F. The van der Waals surface area contributed by atoms with E-state index in [1.54, 1.807) is 6.07 Å². The lowest BCUT2D eigenvalue weighted by Crippen LogP contribution is -2.29. The highest BCUT2D eigenvalue weighted by atomic mass is 19.1. The molecule has 0 amide bonds. The largest absolute Gasteiger partial charge is 0.308 e. The third-order valence-electron chi connectivity index (χ3n) is 3.65. The van der Waals surface area contributed by atoms with Gasteiger partial charge in [-0.2, -0.15) is 0 Å². The highest BCUT2D eigenvalue weighted by Crippen LogP contribution is 2.17. The summed E-state index contributed by atoms with van der Waals surface area (Å²) in [5.74, 6) is -0.113. The van der Waals surface area contributed by atoms with Gasteiger partial charge in [0.25, 0.3) is 0 Å². The fraction of sp³-hybridized carbons (Fsp3) is 0.647. The number of hydrogen-bond acceptors (Lipinski definition) is 1. The molecular weight excluding hydrogens is 237 g/mol. The topological polar surface area (TPSA) is 12.0 Å². The number of nitrogens with one attached hydrogen (secondary N) is 1. The van der Waals surface area contributed by atoms with Gasteiger partial charge in [-0.3, -0.25) is 0 Å². The summed E-state index contributed by atoms with van der Waals surface area (Å²) in [4.78, 5) is 0. The van der Waals surface area contributed by atoms with E-state index >= 15 is 0 Å². The van der Waals surface area contributed by atoms with Gasteiger partial charge < -0.3 is 5.32 Å². The summed E-state index contributed by atoms with van der Waals surface area (Å²) >= 11 is 0. The van der Waals surface area contributed by atoms with Crippen molar-refractivity contribution >= 4 is 0 Å². The second kappa shape index (κ2) is 9.08. The Morgan fingerprint density at radius 1 is 1.05 bits per heavy atom. The molecule has 0 saturated carbocycles. The minimum Gasteiger partial charge on any atom is -0.308 e. The summed E-state index contributed by atoms with van der Waals surface area (Å²) in [6, 6.07) is 7.54. The molecule has 0 aliphatic carbocycles. The number of halogens is 1. The van der Waals surface area contributed by atoms with Crippen LogP contribution in [0.5, 0.6) is 0 Å². The molecule has 0 heterocycles. The molecule has 0 fully saturated rings. The van der Waals surface area contributed by atoms with Crippen LogP contribution in [-0.4, -0.2) is 6.04 Å². The maximum absolute atomic E-state index is 13.6. The molecule has 1 rings (SSSR count). The Labute approximate surface area is 117 Å². The molecule has 1 unspecified atom stereocenters. The van der Waals surface area contributed by atoms with Crippen LogP contribution in [0, 0.1) is 5.82 Å². The van der Waals surface area contributed by atoms with Crippen LogP contribution in [0.2, 0.25) is 0 Å². The van der Waals surface area contributed by atoms with Crippen molar-refractivity contribution in [2.75, 3.05) is 0 Å². The second-order valence-corrected chi connectivity index (χ2v) is 5.51. The molecule has 1 aromatic carbocycles. The van der Waals surface area contributed by atoms with Crippen molar-refractivity contribution in [3.8, 4) is 0 Å². The van der Waals surface area contributed by atoms with Gasteiger partial charge in [0.1, 0.15) is 5.82 Å². The Kier molecular flexibility index (Phi) is 7.73. The molecule has 2 heteroatoms. The molecule has 19 heavy (non-hydrogen) atoms. The highest BCUT2D eigenvalue weighted by molar-refractivity contribution is 5.20. The normalized spacial score (nSPS) is 14.3. The van der Waals surface area contributed by atoms with E-state index in [1.807, 2.05) is 19.1 Å². The van der Waals surface area contributed by atoms with E-state index in [-0.39, 0.29) is 11.9 Å². The van der Waals surface area contributed by atoms with E-state index < -0.39 is 0 Å². The zero-order valence-corrected chi connectivity index (χ0v) is 12.6.